The number of esters is 1. The lowest BCUT2D eigenvalue weighted by Crippen LogP contribution is -2.43. The summed E-state index contributed by atoms with van der Waals surface area (Å²) < 4.78 is 5.70. The second-order valence-electron chi connectivity index (χ2n) is 6.23. The van der Waals surface area contributed by atoms with Crippen LogP contribution in [0.15, 0.2) is 30.3 Å². The van der Waals surface area contributed by atoms with Gasteiger partial charge < -0.3 is 14.7 Å². The van der Waals surface area contributed by atoms with Gasteiger partial charge in [0.2, 0.25) is 0 Å². The van der Waals surface area contributed by atoms with E-state index in [2.05, 4.69) is 11.9 Å². The van der Waals surface area contributed by atoms with Crippen LogP contribution in [0.3, 0.4) is 0 Å². The van der Waals surface area contributed by atoms with E-state index in [4.69, 9.17) is 4.74 Å². The average Bonchev–Trinajstić information content (AvgIpc) is 2.72. The number of carbonyl (C=O) groups is 1. The molecule has 0 aromatic heterocycles. The monoisotopic (exact) mass is 325 g/mol. The summed E-state index contributed by atoms with van der Waals surface area (Å²) >= 11 is 0. The number of aliphatic hydroxyl groups excluding tert-OH is 1. The first-order valence-corrected chi connectivity index (χ1v) is 7.77. The predicted molar refractivity (Wildman–Crippen MR) is 87.2 cm³/mol. The average molecular weight is 326 g/mol. The number of carbonyl (C=O) groups excluding carboxylic acids is 1. The molecule has 0 aliphatic carbocycles. The highest BCUT2D eigenvalue weighted by molar-refractivity contribution is 5.85. The molecule has 3 rings (SSSR count). The third-order valence-corrected chi connectivity index (χ3v) is 5.01. The van der Waals surface area contributed by atoms with Crippen molar-refractivity contribution in [3.8, 4) is 0 Å². The Morgan fingerprint density at radius 3 is 2.41 bits per heavy atom. The number of benzene rings is 1. The van der Waals surface area contributed by atoms with Crippen LogP contribution in [-0.4, -0.2) is 47.8 Å². The Kier molecular flexibility index (Phi) is 5.84. The van der Waals surface area contributed by atoms with Gasteiger partial charge in [0.05, 0.1) is 6.61 Å². The van der Waals surface area contributed by atoms with Gasteiger partial charge in [-0.05, 0) is 38.3 Å². The molecule has 2 bridgehead atoms. The van der Waals surface area contributed by atoms with Crippen molar-refractivity contribution in [3.63, 3.8) is 0 Å². The second-order valence-corrected chi connectivity index (χ2v) is 6.23. The van der Waals surface area contributed by atoms with Crippen molar-refractivity contribution in [1.82, 2.24) is 4.90 Å². The summed E-state index contributed by atoms with van der Waals surface area (Å²) in [4.78, 5) is 14.8. The van der Waals surface area contributed by atoms with Crippen LogP contribution in [0.2, 0.25) is 0 Å². The molecule has 122 valence electrons. The second kappa shape index (κ2) is 7.44. The van der Waals surface area contributed by atoms with Crippen molar-refractivity contribution in [3.05, 3.63) is 35.9 Å². The van der Waals surface area contributed by atoms with E-state index >= 15 is 0 Å². The quantitative estimate of drug-likeness (QED) is 0.863. The highest BCUT2D eigenvalue weighted by atomic mass is 35.5. The maximum atomic E-state index is 12.4. The molecule has 1 aromatic carbocycles. The molecule has 4 atom stereocenters. The molecule has 1 N–H and O–H groups in total. The van der Waals surface area contributed by atoms with Gasteiger partial charge >= 0.3 is 5.97 Å². The fraction of sp³-hybridized carbons (Fsp3) is 0.588. The number of ether oxygens (including phenoxy) is 1. The van der Waals surface area contributed by atoms with E-state index in [9.17, 15) is 9.90 Å². The molecule has 0 saturated carbocycles. The molecule has 4 nitrogen and oxygen atoms in total. The number of nitrogens with zero attached hydrogens (tertiary/aromatic N) is 1. The summed E-state index contributed by atoms with van der Waals surface area (Å²) in [6.45, 7) is -0.206. The molecule has 2 aliphatic rings. The highest BCUT2D eigenvalue weighted by Gasteiger charge is 2.40. The van der Waals surface area contributed by atoms with Gasteiger partial charge in [0.25, 0.3) is 0 Å². The Hall–Kier alpha value is -1.10. The van der Waals surface area contributed by atoms with Gasteiger partial charge in [-0.1, -0.05) is 30.3 Å². The zero-order valence-electron chi connectivity index (χ0n) is 12.9. The molecule has 2 saturated heterocycles. The van der Waals surface area contributed by atoms with Gasteiger partial charge in [0.15, 0.2) is 0 Å². The van der Waals surface area contributed by atoms with E-state index < -0.39 is 5.92 Å². The topological polar surface area (TPSA) is 49.8 Å². The molecule has 2 fully saturated rings. The van der Waals surface area contributed by atoms with Crippen LogP contribution in [-0.2, 0) is 9.53 Å². The fourth-order valence-electron chi connectivity index (χ4n) is 3.71. The Labute approximate surface area is 137 Å². The minimum absolute atomic E-state index is 0. The van der Waals surface area contributed by atoms with Gasteiger partial charge in [-0.25, -0.2) is 0 Å². The van der Waals surface area contributed by atoms with E-state index in [0.717, 1.165) is 18.4 Å². The Morgan fingerprint density at radius 1 is 1.27 bits per heavy atom. The number of fused-ring (bicyclic) bond motifs is 2. The van der Waals surface area contributed by atoms with E-state index in [1.54, 1.807) is 0 Å². The van der Waals surface area contributed by atoms with Crippen molar-refractivity contribution >= 4 is 18.4 Å². The maximum Gasteiger partial charge on any atom is 0.316 e. The smallest absolute Gasteiger partial charge is 0.316 e. The molecule has 0 spiro atoms. The molecule has 0 radical (unpaired) electrons. The lowest BCUT2D eigenvalue weighted by molar-refractivity contribution is -0.155. The van der Waals surface area contributed by atoms with Crippen LogP contribution in [0.4, 0.5) is 0 Å². The molecular formula is C17H24ClNO3. The maximum absolute atomic E-state index is 12.4. The molecule has 22 heavy (non-hydrogen) atoms. The molecule has 0 amide bonds. The molecular weight excluding hydrogens is 302 g/mol. The van der Waals surface area contributed by atoms with Gasteiger partial charge in [-0.15, -0.1) is 12.4 Å². The summed E-state index contributed by atoms with van der Waals surface area (Å²) in [5.41, 5.74) is 0.820. The minimum atomic E-state index is -0.566. The largest absolute Gasteiger partial charge is 0.462 e. The normalized spacial score (nSPS) is 28.7. The van der Waals surface area contributed by atoms with Crippen molar-refractivity contribution in [2.45, 2.75) is 49.8 Å². The summed E-state index contributed by atoms with van der Waals surface area (Å²) in [5, 5.41) is 9.53. The number of piperidine rings is 1. The summed E-state index contributed by atoms with van der Waals surface area (Å²) in [6, 6.07) is 10.5. The van der Waals surface area contributed by atoms with Crippen LogP contribution in [0.25, 0.3) is 0 Å². The first-order valence-electron chi connectivity index (χ1n) is 7.77. The molecule has 1 unspecified atom stereocenters. The van der Waals surface area contributed by atoms with E-state index in [-0.39, 0.29) is 31.1 Å². The SMILES string of the molecule is CN1[C@@H]2CC[C@H]1C[C@@H](OC(=O)C(CO)c1ccccc1)C2.Cl. The molecule has 2 heterocycles. The minimum Gasteiger partial charge on any atom is -0.462 e. The first-order chi connectivity index (χ1) is 10.2. The zero-order valence-corrected chi connectivity index (χ0v) is 13.7. The van der Waals surface area contributed by atoms with Gasteiger partial charge in [0.1, 0.15) is 12.0 Å². The first kappa shape index (κ1) is 17.3. The lowest BCUT2D eigenvalue weighted by atomic mass is 9.98. The number of rotatable bonds is 4. The van der Waals surface area contributed by atoms with Crippen molar-refractivity contribution in [2.75, 3.05) is 13.7 Å². The van der Waals surface area contributed by atoms with Crippen LogP contribution in [0, 0.1) is 0 Å². The third kappa shape index (κ3) is 3.45. The van der Waals surface area contributed by atoms with Crippen molar-refractivity contribution in [1.29, 1.82) is 0 Å². The van der Waals surface area contributed by atoms with E-state index in [0.29, 0.717) is 12.1 Å². The van der Waals surface area contributed by atoms with Crippen molar-refractivity contribution in [2.24, 2.45) is 0 Å². The molecule has 2 aliphatic heterocycles. The Bertz CT molecular complexity index is 482. The molecule has 1 aromatic rings. The van der Waals surface area contributed by atoms with E-state index in [1.807, 2.05) is 30.3 Å². The Morgan fingerprint density at radius 2 is 1.86 bits per heavy atom. The van der Waals surface area contributed by atoms with Crippen molar-refractivity contribution < 1.29 is 14.6 Å². The van der Waals surface area contributed by atoms with Crippen LogP contribution in [0.1, 0.15) is 37.2 Å². The van der Waals surface area contributed by atoms with E-state index in [1.165, 1.54) is 12.8 Å². The lowest BCUT2D eigenvalue weighted by Gasteiger charge is -2.36. The van der Waals surface area contributed by atoms with Crippen LogP contribution >= 0.6 is 12.4 Å². The number of hydrogen-bond donors (Lipinski definition) is 1. The summed E-state index contributed by atoms with van der Waals surface area (Å²) in [7, 11) is 2.17. The predicted octanol–water partition coefficient (Wildman–Crippen LogP) is 2.35. The summed E-state index contributed by atoms with van der Waals surface area (Å²) in [5.74, 6) is -0.860. The van der Waals surface area contributed by atoms with Gasteiger partial charge in [-0.3, -0.25) is 4.79 Å². The summed E-state index contributed by atoms with van der Waals surface area (Å²) in [6.07, 6.45) is 4.26. The van der Waals surface area contributed by atoms with Gasteiger partial charge in [0, 0.05) is 12.1 Å². The third-order valence-electron chi connectivity index (χ3n) is 5.01. The molecule has 5 heteroatoms. The van der Waals surface area contributed by atoms with Crippen LogP contribution < -0.4 is 0 Å². The fourth-order valence-corrected chi connectivity index (χ4v) is 3.71. The highest BCUT2D eigenvalue weighted by Crippen LogP contribution is 2.36. The number of aliphatic hydroxyl groups is 1. The standard InChI is InChI=1S/C17H23NO3.ClH/c1-18-13-7-8-14(18)10-15(9-13)21-17(20)16(11-19)12-5-3-2-4-6-12;/h2-6,13-16,19H,7-11H2,1H3;1H/t13-,14+,15+,16?;. The number of hydrogen-bond acceptors (Lipinski definition) is 4. The number of halogens is 1. The van der Waals surface area contributed by atoms with Crippen LogP contribution in [0.5, 0.6) is 0 Å². The van der Waals surface area contributed by atoms with Gasteiger partial charge in [-0.2, -0.15) is 0 Å². The Balaban J connectivity index is 0.00000176. The zero-order chi connectivity index (χ0) is 14.8.